The van der Waals surface area contributed by atoms with Crippen LogP contribution in [0, 0.1) is 6.92 Å². The molecule has 0 radical (unpaired) electrons. The Balaban J connectivity index is 2.14. The minimum absolute atomic E-state index is 0.0356. The standard InChI is InChI=1S/C19H17N3O2/c1-3-24-19(23)18-20-16(14-7-5-4-6-8-14)17(21-22-18)15-11-9-13(2)10-12-15/h4-12H,3H2,1-2H3. The summed E-state index contributed by atoms with van der Waals surface area (Å²) in [5.74, 6) is -0.607. The van der Waals surface area contributed by atoms with Crippen molar-refractivity contribution in [3.05, 3.63) is 66.0 Å². The van der Waals surface area contributed by atoms with Crippen LogP contribution in [-0.2, 0) is 4.74 Å². The summed E-state index contributed by atoms with van der Waals surface area (Å²) < 4.78 is 4.98. The molecule has 5 heteroatoms. The molecule has 2 aromatic carbocycles. The third-order valence-corrected chi connectivity index (χ3v) is 3.52. The molecule has 0 atom stereocenters. The van der Waals surface area contributed by atoms with Crippen LogP contribution in [0.2, 0.25) is 0 Å². The Labute approximate surface area is 140 Å². The van der Waals surface area contributed by atoms with E-state index in [1.54, 1.807) is 6.92 Å². The van der Waals surface area contributed by atoms with Gasteiger partial charge in [-0.25, -0.2) is 9.78 Å². The highest BCUT2D eigenvalue weighted by molar-refractivity contribution is 5.87. The maximum Gasteiger partial charge on any atom is 0.378 e. The molecule has 0 unspecified atom stereocenters. The minimum Gasteiger partial charge on any atom is -0.460 e. The lowest BCUT2D eigenvalue weighted by Crippen LogP contribution is -2.12. The van der Waals surface area contributed by atoms with Crippen molar-refractivity contribution in [1.29, 1.82) is 0 Å². The predicted octanol–water partition coefficient (Wildman–Crippen LogP) is 3.69. The number of hydrogen-bond acceptors (Lipinski definition) is 5. The largest absolute Gasteiger partial charge is 0.460 e. The van der Waals surface area contributed by atoms with Gasteiger partial charge in [-0.1, -0.05) is 60.2 Å². The van der Waals surface area contributed by atoms with Crippen molar-refractivity contribution >= 4 is 5.97 Å². The number of carbonyl (C=O) groups is 1. The van der Waals surface area contributed by atoms with Crippen LogP contribution in [0.25, 0.3) is 22.5 Å². The molecule has 0 aliphatic heterocycles. The maximum absolute atomic E-state index is 11.9. The zero-order chi connectivity index (χ0) is 16.9. The molecule has 0 aliphatic carbocycles. The van der Waals surface area contributed by atoms with Crippen LogP contribution < -0.4 is 0 Å². The van der Waals surface area contributed by atoms with Gasteiger partial charge >= 0.3 is 5.97 Å². The van der Waals surface area contributed by atoms with Crippen molar-refractivity contribution < 1.29 is 9.53 Å². The molecular weight excluding hydrogens is 302 g/mol. The topological polar surface area (TPSA) is 65.0 Å². The SMILES string of the molecule is CCOC(=O)c1nnc(-c2ccc(C)cc2)c(-c2ccccc2)n1. The fraction of sp³-hybridized carbons (Fsp3) is 0.158. The van der Waals surface area contributed by atoms with E-state index < -0.39 is 5.97 Å². The van der Waals surface area contributed by atoms with Crippen molar-refractivity contribution in [2.45, 2.75) is 13.8 Å². The lowest BCUT2D eigenvalue weighted by atomic mass is 10.0. The van der Waals surface area contributed by atoms with E-state index in [0.717, 1.165) is 16.7 Å². The van der Waals surface area contributed by atoms with Crippen LogP contribution in [-0.4, -0.2) is 27.8 Å². The van der Waals surface area contributed by atoms with E-state index in [1.807, 2.05) is 61.5 Å². The molecule has 0 saturated heterocycles. The van der Waals surface area contributed by atoms with Crippen LogP contribution in [0.1, 0.15) is 23.1 Å². The Morgan fingerprint density at radius 3 is 2.25 bits per heavy atom. The molecule has 0 amide bonds. The molecule has 0 N–H and O–H groups in total. The summed E-state index contributed by atoms with van der Waals surface area (Å²) in [7, 11) is 0. The number of ether oxygens (including phenoxy) is 1. The van der Waals surface area contributed by atoms with Crippen LogP contribution in [0.5, 0.6) is 0 Å². The third kappa shape index (κ3) is 3.30. The zero-order valence-corrected chi connectivity index (χ0v) is 13.6. The van der Waals surface area contributed by atoms with Gasteiger partial charge in [0.15, 0.2) is 0 Å². The average molecular weight is 319 g/mol. The molecule has 0 bridgehead atoms. The Morgan fingerprint density at radius 1 is 0.917 bits per heavy atom. The van der Waals surface area contributed by atoms with Gasteiger partial charge in [0.1, 0.15) is 11.4 Å². The normalized spacial score (nSPS) is 10.4. The number of benzene rings is 2. The minimum atomic E-state index is -0.572. The smallest absolute Gasteiger partial charge is 0.378 e. The number of aromatic nitrogens is 3. The molecule has 120 valence electrons. The Morgan fingerprint density at radius 2 is 1.58 bits per heavy atom. The second-order valence-corrected chi connectivity index (χ2v) is 5.29. The van der Waals surface area contributed by atoms with Gasteiger partial charge in [0.05, 0.1) is 6.61 Å². The highest BCUT2D eigenvalue weighted by Crippen LogP contribution is 2.28. The number of rotatable bonds is 4. The summed E-state index contributed by atoms with van der Waals surface area (Å²) in [5, 5.41) is 8.19. The number of hydrogen-bond donors (Lipinski definition) is 0. The summed E-state index contributed by atoms with van der Waals surface area (Å²) in [4.78, 5) is 16.3. The van der Waals surface area contributed by atoms with Gasteiger partial charge in [-0.3, -0.25) is 0 Å². The van der Waals surface area contributed by atoms with E-state index >= 15 is 0 Å². The van der Waals surface area contributed by atoms with Gasteiger partial charge in [0.2, 0.25) is 0 Å². The highest BCUT2D eigenvalue weighted by Gasteiger charge is 2.18. The van der Waals surface area contributed by atoms with E-state index in [0.29, 0.717) is 11.4 Å². The Hall–Kier alpha value is -3.08. The molecule has 0 saturated carbocycles. The first-order valence-corrected chi connectivity index (χ1v) is 7.73. The lowest BCUT2D eigenvalue weighted by Gasteiger charge is -2.09. The van der Waals surface area contributed by atoms with Crippen LogP contribution >= 0.6 is 0 Å². The lowest BCUT2D eigenvalue weighted by molar-refractivity contribution is 0.0510. The van der Waals surface area contributed by atoms with E-state index in [4.69, 9.17) is 4.74 Å². The molecule has 24 heavy (non-hydrogen) atoms. The fourth-order valence-electron chi connectivity index (χ4n) is 2.31. The van der Waals surface area contributed by atoms with Gasteiger partial charge in [-0.2, -0.15) is 0 Å². The van der Waals surface area contributed by atoms with Gasteiger partial charge in [0, 0.05) is 11.1 Å². The Kier molecular flexibility index (Phi) is 4.61. The monoisotopic (exact) mass is 319 g/mol. The van der Waals surface area contributed by atoms with Gasteiger partial charge in [0.25, 0.3) is 5.82 Å². The Bertz CT molecular complexity index is 846. The first kappa shape index (κ1) is 15.8. The molecule has 0 spiro atoms. The molecule has 3 rings (SSSR count). The molecule has 0 aliphatic rings. The highest BCUT2D eigenvalue weighted by atomic mass is 16.5. The van der Waals surface area contributed by atoms with Crippen molar-refractivity contribution in [3.63, 3.8) is 0 Å². The summed E-state index contributed by atoms with van der Waals surface area (Å²) in [6.07, 6.45) is 0. The van der Waals surface area contributed by atoms with E-state index in [2.05, 4.69) is 15.2 Å². The molecule has 0 fully saturated rings. The van der Waals surface area contributed by atoms with Crippen molar-refractivity contribution in [3.8, 4) is 22.5 Å². The maximum atomic E-state index is 11.9. The average Bonchev–Trinajstić information content (AvgIpc) is 2.63. The molecular formula is C19H17N3O2. The van der Waals surface area contributed by atoms with E-state index in [9.17, 15) is 4.79 Å². The van der Waals surface area contributed by atoms with Crippen LogP contribution in [0.3, 0.4) is 0 Å². The third-order valence-electron chi connectivity index (χ3n) is 3.52. The van der Waals surface area contributed by atoms with Crippen molar-refractivity contribution in [2.24, 2.45) is 0 Å². The summed E-state index contributed by atoms with van der Waals surface area (Å²) in [6.45, 7) is 4.03. The first-order valence-electron chi connectivity index (χ1n) is 7.73. The van der Waals surface area contributed by atoms with Crippen LogP contribution in [0.15, 0.2) is 54.6 Å². The van der Waals surface area contributed by atoms with E-state index in [-0.39, 0.29) is 12.4 Å². The number of esters is 1. The van der Waals surface area contributed by atoms with Crippen LogP contribution in [0.4, 0.5) is 0 Å². The summed E-state index contributed by atoms with van der Waals surface area (Å²) in [6, 6.07) is 17.6. The van der Waals surface area contributed by atoms with Gasteiger partial charge < -0.3 is 4.74 Å². The second-order valence-electron chi connectivity index (χ2n) is 5.29. The van der Waals surface area contributed by atoms with Crippen molar-refractivity contribution in [2.75, 3.05) is 6.61 Å². The van der Waals surface area contributed by atoms with Gasteiger partial charge in [-0.05, 0) is 13.8 Å². The molecule has 1 heterocycles. The predicted molar refractivity (Wildman–Crippen MR) is 91.4 cm³/mol. The summed E-state index contributed by atoms with van der Waals surface area (Å²) >= 11 is 0. The number of aryl methyl sites for hydroxylation is 1. The molecule has 1 aromatic heterocycles. The van der Waals surface area contributed by atoms with Gasteiger partial charge in [-0.15, -0.1) is 10.2 Å². The quantitative estimate of drug-likeness (QED) is 0.686. The molecule has 5 nitrogen and oxygen atoms in total. The van der Waals surface area contributed by atoms with Crippen molar-refractivity contribution in [1.82, 2.24) is 15.2 Å². The van der Waals surface area contributed by atoms with E-state index in [1.165, 1.54) is 0 Å². The summed E-state index contributed by atoms with van der Waals surface area (Å²) in [5.41, 5.74) is 4.17. The number of carbonyl (C=O) groups excluding carboxylic acids is 1. The zero-order valence-electron chi connectivity index (χ0n) is 13.6. The first-order chi connectivity index (χ1) is 11.7. The number of nitrogens with zero attached hydrogens (tertiary/aromatic N) is 3. The second kappa shape index (κ2) is 7.00. The molecule has 3 aromatic rings. The fourth-order valence-corrected chi connectivity index (χ4v) is 2.31.